The highest BCUT2D eigenvalue weighted by Crippen LogP contribution is 2.18. The molecule has 1 amide bonds. The van der Waals surface area contributed by atoms with Gasteiger partial charge in [0.1, 0.15) is 5.75 Å². The highest BCUT2D eigenvalue weighted by Gasteiger charge is 2.11. The summed E-state index contributed by atoms with van der Waals surface area (Å²) in [5, 5.41) is 6.20. The van der Waals surface area contributed by atoms with Gasteiger partial charge in [-0.25, -0.2) is 0 Å². The maximum atomic E-state index is 11.4. The fourth-order valence-electron chi connectivity index (χ4n) is 1.69. The molecule has 0 bridgehead atoms. The van der Waals surface area contributed by atoms with Crippen LogP contribution in [-0.2, 0) is 11.3 Å². The van der Waals surface area contributed by atoms with Crippen LogP contribution in [0, 0.1) is 0 Å². The predicted octanol–water partition coefficient (Wildman–Crippen LogP) is 2.48. The van der Waals surface area contributed by atoms with Gasteiger partial charge in [-0.1, -0.05) is 18.2 Å². The third kappa shape index (κ3) is 6.57. The van der Waals surface area contributed by atoms with Gasteiger partial charge in [-0.15, -0.1) is 0 Å². The molecule has 0 aliphatic rings. The average Bonchev–Trinajstić information content (AvgIpc) is 2.37. The number of carbonyl (C=O) groups is 1. The van der Waals surface area contributed by atoms with Crippen LogP contribution in [0.5, 0.6) is 5.75 Å². The molecule has 112 valence electrons. The first-order valence-electron chi connectivity index (χ1n) is 7.15. The fraction of sp³-hybridized carbons (Fsp3) is 0.562. The SMILES string of the molecule is CCNC(=O)CCOc1ccccc1CNC(C)(C)C. The number of ether oxygens (including phenoxy) is 1. The van der Waals surface area contributed by atoms with E-state index >= 15 is 0 Å². The molecule has 4 heteroatoms. The van der Waals surface area contributed by atoms with Gasteiger partial charge in [-0.3, -0.25) is 4.79 Å². The molecule has 0 aliphatic carbocycles. The summed E-state index contributed by atoms with van der Waals surface area (Å²) in [7, 11) is 0. The van der Waals surface area contributed by atoms with Crippen LogP contribution in [0.15, 0.2) is 24.3 Å². The first-order chi connectivity index (χ1) is 9.42. The summed E-state index contributed by atoms with van der Waals surface area (Å²) >= 11 is 0. The average molecular weight is 278 g/mol. The Kier molecular flexibility index (Phi) is 6.52. The van der Waals surface area contributed by atoms with Crippen molar-refractivity contribution in [3.8, 4) is 5.75 Å². The summed E-state index contributed by atoms with van der Waals surface area (Å²) in [5.41, 5.74) is 1.17. The smallest absolute Gasteiger partial charge is 0.223 e. The molecule has 0 unspecified atom stereocenters. The van der Waals surface area contributed by atoms with Gasteiger partial charge in [0.25, 0.3) is 0 Å². The standard InChI is InChI=1S/C16H26N2O2/c1-5-17-15(19)10-11-20-14-9-7-6-8-13(14)12-18-16(2,3)4/h6-9,18H,5,10-12H2,1-4H3,(H,17,19). The summed E-state index contributed by atoms with van der Waals surface area (Å²) in [4.78, 5) is 11.4. The van der Waals surface area contributed by atoms with Crippen LogP contribution in [0.3, 0.4) is 0 Å². The van der Waals surface area contributed by atoms with Crippen LogP contribution in [0.25, 0.3) is 0 Å². The normalized spacial score (nSPS) is 11.2. The maximum absolute atomic E-state index is 11.4. The Balaban J connectivity index is 2.51. The van der Waals surface area contributed by atoms with E-state index in [1.807, 2.05) is 31.2 Å². The van der Waals surface area contributed by atoms with Gasteiger partial charge in [0.2, 0.25) is 5.91 Å². The molecule has 0 atom stereocenters. The highest BCUT2D eigenvalue weighted by atomic mass is 16.5. The molecule has 1 aromatic carbocycles. The minimum Gasteiger partial charge on any atom is -0.493 e. The van der Waals surface area contributed by atoms with E-state index in [1.165, 1.54) is 0 Å². The quantitative estimate of drug-likeness (QED) is 0.805. The number of amides is 1. The molecule has 0 radical (unpaired) electrons. The number of benzene rings is 1. The zero-order valence-corrected chi connectivity index (χ0v) is 13.0. The van der Waals surface area contributed by atoms with Gasteiger partial charge in [0.15, 0.2) is 0 Å². The van der Waals surface area contributed by atoms with E-state index in [9.17, 15) is 4.79 Å². The lowest BCUT2D eigenvalue weighted by atomic mass is 10.1. The van der Waals surface area contributed by atoms with Crippen LogP contribution in [0.2, 0.25) is 0 Å². The second-order valence-electron chi connectivity index (χ2n) is 5.76. The van der Waals surface area contributed by atoms with E-state index in [0.717, 1.165) is 17.9 Å². The van der Waals surface area contributed by atoms with E-state index in [4.69, 9.17) is 4.74 Å². The molecule has 20 heavy (non-hydrogen) atoms. The van der Waals surface area contributed by atoms with Crippen molar-refractivity contribution in [2.24, 2.45) is 0 Å². The molecule has 0 aromatic heterocycles. The van der Waals surface area contributed by atoms with E-state index in [0.29, 0.717) is 19.6 Å². The zero-order valence-electron chi connectivity index (χ0n) is 13.0. The summed E-state index contributed by atoms with van der Waals surface area (Å²) in [6.45, 7) is 10.1. The Morgan fingerprint density at radius 2 is 1.95 bits per heavy atom. The lowest BCUT2D eigenvalue weighted by Crippen LogP contribution is -2.35. The maximum Gasteiger partial charge on any atom is 0.223 e. The van der Waals surface area contributed by atoms with E-state index in [2.05, 4.69) is 31.4 Å². The molecule has 2 N–H and O–H groups in total. The van der Waals surface area contributed by atoms with Crippen molar-refractivity contribution in [3.63, 3.8) is 0 Å². The fourth-order valence-corrected chi connectivity index (χ4v) is 1.69. The second kappa shape index (κ2) is 7.90. The third-order valence-electron chi connectivity index (χ3n) is 2.74. The van der Waals surface area contributed by atoms with Crippen molar-refractivity contribution < 1.29 is 9.53 Å². The molecule has 1 rings (SSSR count). The number of rotatable bonds is 7. The second-order valence-corrected chi connectivity index (χ2v) is 5.76. The first kappa shape index (κ1) is 16.5. The number of carbonyl (C=O) groups excluding carboxylic acids is 1. The predicted molar refractivity (Wildman–Crippen MR) is 81.8 cm³/mol. The molecule has 4 nitrogen and oxygen atoms in total. The Labute approximate surface area is 121 Å². The van der Waals surface area contributed by atoms with Crippen LogP contribution in [-0.4, -0.2) is 24.6 Å². The summed E-state index contributed by atoms with van der Waals surface area (Å²) < 4.78 is 5.72. The Hall–Kier alpha value is -1.55. The van der Waals surface area contributed by atoms with Crippen LogP contribution < -0.4 is 15.4 Å². The van der Waals surface area contributed by atoms with Gasteiger partial charge in [-0.2, -0.15) is 0 Å². The Bertz CT molecular complexity index is 425. The van der Waals surface area contributed by atoms with Crippen molar-refractivity contribution in [1.29, 1.82) is 0 Å². The highest BCUT2D eigenvalue weighted by molar-refractivity contribution is 5.75. The van der Waals surface area contributed by atoms with Crippen LogP contribution in [0.4, 0.5) is 0 Å². The molecule has 0 saturated heterocycles. The lowest BCUT2D eigenvalue weighted by molar-refractivity contribution is -0.121. The van der Waals surface area contributed by atoms with Crippen molar-refractivity contribution in [3.05, 3.63) is 29.8 Å². The number of nitrogens with one attached hydrogen (secondary N) is 2. The van der Waals surface area contributed by atoms with E-state index in [-0.39, 0.29) is 11.4 Å². The van der Waals surface area contributed by atoms with Gasteiger partial charge in [0, 0.05) is 24.2 Å². The molecule has 0 spiro atoms. The molecular formula is C16H26N2O2. The summed E-state index contributed by atoms with van der Waals surface area (Å²) in [6, 6.07) is 7.93. The minimum absolute atomic E-state index is 0.0257. The van der Waals surface area contributed by atoms with Crippen molar-refractivity contribution in [1.82, 2.24) is 10.6 Å². The van der Waals surface area contributed by atoms with Gasteiger partial charge >= 0.3 is 0 Å². The van der Waals surface area contributed by atoms with Gasteiger partial charge in [-0.05, 0) is 33.8 Å². The van der Waals surface area contributed by atoms with E-state index < -0.39 is 0 Å². The molecule has 0 aliphatic heterocycles. The monoisotopic (exact) mass is 278 g/mol. The lowest BCUT2D eigenvalue weighted by Gasteiger charge is -2.21. The van der Waals surface area contributed by atoms with Crippen molar-refractivity contribution >= 4 is 5.91 Å². The minimum atomic E-state index is 0.0257. The first-order valence-corrected chi connectivity index (χ1v) is 7.15. The molecular weight excluding hydrogens is 252 g/mol. The summed E-state index contributed by atoms with van der Waals surface area (Å²) in [6.07, 6.45) is 0.384. The third-order valence-corrected chi connectivity index (χ3v) is 2.74. The van der Waals surface area contributed by atoms with Crippen LogP contribution >= 0.6 is 0 Å². The number of para-hydroxylation sites is 1. The van der Waals surface area contributed by atoms with Gasteiger partial charge in [0.05, 0.1) is 13.0 Å². The number of hydrogen-bond donors (Lipinski definition) is 2. The largest absolute Gasteiger partial charge is 0.493 e. The Morgan fingerprint density at radius 3 is 2.60 bits per heavy atom. The van der Waals surface area contributed by atoms with Gasteiger partial charge < -0.3 is 15.4 Å². The molecule has 0 saturated carbocycles. The topological polar surface area (TPSA) is 50.4 Å². The van der Waals surface area contributed by atoms with Crippen molar-refractivity contribution in [2.45, 2.75) is 46.2 Å². The Morgan fingerprint density at radius 1 is 1.25 bits per heavy atom. The molecule has 1 aromatic rings. The van der Waals surface area contributed by atoms with Crippen LogP contribution in [0.1, 0.15) is 39.7 Å². The molecule has 0 heterocycles. The van der Waals surface area contributed by atoms with Crippen molar-refractivity contribution in [2.75, 3.05) is 13.2 Å². The molecule has 0 fully saturated rings. The zero-order chi connectivity index (χ0) is 15.0. The van der Waals surface area contributed by atoms with E-state index in [1.54, 1.807) is 0 Å². The summed E-state index contributed by atoms with van der Waals surface area (Å²) in [5.74, 6) is 0.867. The number of hydrogen-bond acceptors (Lipinski definition) is 3.